The van der Waals surface area contributed by atoms with Crippen LogP contribution in [0.4, 0.5) is 0 Å². The summed E-state index contributed by atoms with van der Waals surface area (Å²) in [6.45, 7) is 0.897. The number of hydrogen-bond donors (Lipinski definition) is 1. The largest absolute Gasteiger partial charge is 0.330 e. The summed E-state index contributed by atoms with van der Waals surface area (Å²) in [5.74, 6) is 1.75. The van der Waals surface area contributed by atoms with Crippen LogP contribution in [0, 0.1) is 11.8 Å². The maximum absolute atomic E-state index is 5.68. The Morgan fingerprint density at radius 1 is 1.38 bits per heavy atom. The maximum atomic E-state index is 5.68. The van der Waals surface area contributed by atoms with Crippen LogP contribution in [0.1, 0.15) is 24.8 Å². The molecule has 0 saturated heterocycles. The highest BCUT2D eigenvalue weighted by atomic mass is 32.1. The third kappa shape index (κ3) is 2.12. The van der Waals surface area contributed by atoms with Gasteiger partial charge in [0.25, 0.3) is 0 Å². The molecule has 1 aliphatic carbocycles. The van der Waals surface area contributed by atoms with Crippen LogP contribution in [0.2, 0.25) is 0 Å². The Hall–Kier alpha value is -0.340. The van der Waals surface area contributed by atoms with E-state index in [4.69, 9.17) is 5.73 Å². The lowest BCUT2D eigenvalue weighted by Crippen LogP contribution is -2.32. The van der Waals surface area contributed by atoms with Crippen LogP contribution >= 0.6 is 11.3 Å². The molecule has 0 aliphatic heterocycles. The minimum atomic E-state index is 0.832. The molecule has 2 atom stereocenters. The molecule has 1 fully saturated rings. The first-order chi connectivity index (χ1) is 6.40. The second-order valence-corrected chi connectivity index (χ2v) is 4.78. The Labute approximate surface area is 84.0 Å². The van der Waals surface area contributed by atoms with Gasteiger partial charge in [-0.15, -0.1) is 0 Å². The topological polar surface area (TPSA) is 26.0 Å². The third-order valence-electron chi connectivity index (χ3n) is 3.26. The molecule has 2 N–H and O–H groups in total. The van der Waals surface area contributed by atoms with E-state index in [0.29, 0.717) is 0 Å². The lowest BCUT2D eigenvalue weighted by atomic mass is 9.71. The van der Waals surface area contributed by atoms with Crippen molar-refractivity contribution in [2.75, 3.05) is 6.54 Å². The number of hydrogen-bond acceptors (Lipinski definition) is 2. The molecule has 1 aromatic rings. The average Bonchev–Trinajstić information content (AvgIpc) is 2.56. The van der Waals surface area contributed by atoms with Crippen molar-refractivity contribution in [1.82, 2.24) is 0 Å². The molecule has 72 valence electrons. The van der Waals surface area contributed by atoms with Gasteiger partial charge in [0, 0.05) is 0 Å². The van der Waals surface area contributed by atoms with E-state index in [-0.39, 0.29) is 0 Å². The summed E-state index contributed by atoms with van der Waals surface area (Å²) < 4.78 is 0. The molecule has 2 heteroatoms. The molecular weight excluding hydrogens is 178 g/mol. The molecule has 0 bridgehead atoms. The van der Waals surface area contributed by atoms with Crippen molar-refractivity contribution in [2.24, 2.45) is 17.6 Å². The van der Waals surface area contributed by atoms with Gasteiger partial charge < -0.3 is 5.73 Å². The molecule has 0 spiro atoms. The van der Waals surface area contributed by atoms with E-state index in [0.717, 1.165) is 18.4 Å². The zero-order chi connectivity index (χ0) is 9.10. The Kier molecular flexibility index (Phi) is 3.01. The highest BCUT2D eigenvalue weighted by molar-refractivity contribution is 7.07. The molecule has 0 amide bonds. The van der Waals surface area contributed by atoms with Crippen LogP contribution in [0.25, 0.3) is 0 Å². The van der Waals surface area contributed by atoms with Gasteiger partial charge >= 0.3 is 0 Å². The van der Waals surface area contributed by atoms with Crippen molar-refractivity contribution in [1.29, 1.82) is 0 Å². The smallest absolute Gasteiger partial charge is 0.00462 e. The van der Waals surface area contributed by atoms with Crippen molar-refractivity contribution in [2.45, 2.75) is 25.7 Å². The van der Waals surface area contributed by atoms with Crippen LogP contribution in [0.5, 0.6) is 0 Å². The molecule has 1 heterocycles. The fourth-order valence-electron chi connectivity index (χ4n) is 2.12. The zero-order valence-corrected chi connectivity index (χ0v) is 8.72. The summed E-state index contributed by atoms with van der Waals surface area (Å²) >= 11 is 1.80. The van der Waals surface area contributed by atoms with Gasteiger partial charge in [-0.25, -0.2) is 0 Å². The average molecular weight is 195 g/mol. The Morgan fingerprint density at radius 2 is 2.23 bits per heavy atom. The van der Waals surface area contributed by atoms with E-state index in [2.05, 4.69) is 16.8 Å². The number of thiophene rings is 1. The minimum Gasteiger partial charge on any atom is -0.330 e. The SMILES string of the molecule is NCC1CCC1CCc1ccsc1. The number of rotatable bonds is 4. The van der Waals surface area contributed by atoms with Gasteiger partial charge in [-0.05, 0) is 66.5 Å². The monoisotopic (exact) mass is 195 g/mol. The van der Waals surface area contributed by atoms with E-state index in [1.54, 1.807) is 11.3 Å². The highest BCUT2D eigenvalue weighted by Crippen LogP contribution is 2.36. The second kappa shape index (κ2) is 4.25. The van der Waals surface area contributed by atoms with Gasteiger partial charge in [-0.3, -0.25) is 0 Å². The van der Waals surface area contributed by atoms with Crippen molar-refractivity contribution in [3.05, 3.63) is 22.4 Å². The fourth-order valence-corrected chi connectivity index (χ4v) is 2.82. The quantitative estimate of drug-likeness (QED) is 0.785. The first-order valence-electron chi connectivity index (χ1n) is 5.11. The van der Waals surface area contributed by atoms with E-state index in [1.165, 1.54) is 31.2 Å². The van der Waals surface area contributed by atoms with Crippen molar-refractivity contribution in [3.8, 4) is 0 Å². The Morgan fingerprint density at radius 3 is 2.77 bits per heavy atom. The van der Waals surface area contributed by atoms with E-state index >= 15 is 0 Å². The zero-order valence-electron chi connectivity index (χ0n) is 7.91. The summed E-state index contributed by atoms with van der Waals surface area (Å²) in [6.07, 6.45) is 5.38. The van der Waals surface area contributed by atoms with Crippen molar-refractivity contribution >= 4 is 11.3 Å². The molecule has 13 heavy (non-hydrogen) atoms. The number of nitrogens with two attached hydrogens (primary N) is 1. The van der Waals surface area contributed by atoms with Crippen LogP contribution in [0.15, 0.2) is 16.8 Å². The van der Waals surface area contributed by atoms with Crippen LogP contribution in [0.3, 0.4) is 0 Å². The molecule has 2 unspecified atom stereocenters. The molecule has 0 aromatic carbocycles. The first kappa shape index (κ1) is 9.22. The predicted molar refractivity (Wildman–Crippen MR) is 57.9 cm³/mol. The van der Waals surface area contributed by atoms with Crippen LogP contribution in [-0.2, 0) is 6.42 Å². The van der Waals surface area contributed by atoms with Crippen LogP contribution < -0.4 is 5.73 Å². The standard InChI is InChI=1S/C11H17NS/c12-7-11-4-3-10(11)2-1-9-5-6-13-8-9/h5-6,8,10-11H,1-4,7,12H2. The first-order valence-corrected chi connectivity index (χ1v) is 6.05. The fraction of sp³-hybridized carbons (Fsp3) is 0.636. The van der Waals surface area contributed by atoms with E-state index in [9.17, 15) is 0 Å². The summed E-state index contributed by atoms with van der Waals surface area (Å²) in [5.41, 5.74) is 7.18. The Balaban J connectivity index is 1.74. The molecule has 2 rings (SSSR count). The normalized spacial score (nSPS) is 27.2. The third-order valence-corrected chi connectivity index (χ3v) is 3.99. The van der Waals surface area contributed by atoms with E-state index in [1.807, 2.05) is 0 Å². The summed E-state index contributed by atoms with van der Waals surface area (Å²) in [6, 6.07) is 2.24. The summed E-state index contributed by atoms with van der Waals surface area (Å²) in [7, 11) is 0. The van der Waals surface area contributed by atoms with E-state index < -0.39 is 0 Å². The maximum Gasteiger partial charge on any atom is -0.00462 e. The molecule has 1 aliphatic rings. The van der Waals surface area contributed by atoms with Gasteiger partial charge in [0.05, 0.1) is 0 Å². The van der Waals surface area contributed by atoms with Crippen LogP contribution in [-0.4, -0.2) is 6.54 Å². The number of aryl methyl sites for hydroxylation is 1. The van der Waals surface area contributed by atoms with Crippen molar-refractivity contribution < 1.29 is 0 Å². The summed E-state index contributed by atoms with van der Waals surface area (Å²) in [5, 5.41) is 4.42. The molecule has 1 aromatic heterocycles. The lowest BCUT2D eigenvalue weighted by molar-refractivity contribution is 0.172. The highest BCUT2D eigenvalue weighted by Gasteiger charge is 2.28. The minimum absolute atomic E-state index is 0.832. The van der Waals surface area contributed by atoms with Gasteiger partial charge in [-0.1, -0.05) is 0 Å². The van der Waals surface area contributed by atoms with Gasteiger partial charge in [0.2, 0.25) is 0 Å². The Bertz CT molecular complexity index is 241. The van der Waals surface area contributed by atoms with Gasteiger partial charge in [-0.2, -0.15) is 11.3 Å². The summed E-state index contributed by atoms with van der Waals surface area (Å²) in [4.78, 5) is 0. The second-order valence-electron chi connectivity index (χ2n) is 4.00. The molecule has 1 saturated carbocycles. The lowest BCUT2D eigenvalue weighted by Gasteiger charge is -2.35. The predicted octanol–water partition coefficient (Wildman–Crippen LogP) is 2.67. The molecule has 1 nitrogen and oxygen atoms in total. The van der Waals surface area contributed by atoms with Gasteiger partial charge in [0.1, 0.15) is 0 Å². The molecule has 0 radical (unpaired) electrons. The van der Waals surface area contributed by atoms with Gasteiger partial charge in [0.15, 0.2) is 0 Å². The van der Waals surface area contributed by atoms with Crippen molar-refractivity contribution in [3.63, 3.8) is 0 Å². The molecular formula is C11H17NS.